The normalized spacial score (nSPS) is 27.3. The van der Waals surface area contributed by atoms with E-state index in [1.807, 2.05) is 16.5 Å². The maximum atomic E-state index is 12.6. The Morgan fingerprint density at radius 3 is 2.55 bits per heavy atom. The number of carbonyl (C=O) groups is 2. The van der Waals surface area contributed by atoms with Crippen molar-refractivity contribution in [1.29, 1.82) is 0 Å². The van der Waals surface area contributed by atoms with Gasteiger partial charge in [-0.3, -0.25) is 9.69 Å². The average molecular weight is 437 g/mol. The Morgan fingerprint density at radius 1 is 1.28 bits per heavy atom. The van der Waals surface area contributed by atoms with E-state index in [1.54, 1.807) is 11.3 Å². The van der Waals surface area contributed by atoms with Crippen LogP contribution < -0.4 is 0 Å². The van der Waals surface area contributed by atoms with Crippen LogP contribution in [0, 0.1) is 0 Å². The molecule has 3 aliphatic heterocycles. The molecular weight excluding hydrogens is 415 g/mol. The molecule has 3 aliphatic rings. The SMILES string of the molecule is O=C(O)C(F)(F)F.O=C([C@@H]1C[C@H]2[C@H](CCN2Cc2nccs2)O1)N1CCOCC1. The number of carboxylic acids is 1. The third-order valence-corrected chi connectivity index (χ3v) is 5.82. The van der Waals surface area contributed by atoms with Crippen LogP contribution in [0.15, 0.2) is 11.6 Å². The fourth-order valence-corrected chi connectivity index (χ4v) is 4.32. The van der Waals surface area contributed by atoms with E-state index in [1.165, 1.54) is 0 Å². The van der Waals surface area contributed by atoms with Gasteiger partial charge in [-0.25, -0.2) is 9.78 Å². The summed E-state index contributed by atoms with van der Waals surface area (Å²) in [5.74, 6) is -2.61. The summed E-state index contributed by atoms with van der Waals surface area (Å²) in [5.41, 5.74) is 0. The summed E-state index contributed by atoms with van der Waals surface area (Å²) >= 11 is 1.69. The third kappa shape index (κ3) is 5.65. The van der Waals surface area contributed by atoms with E-state index in [0.29, 0.717) is 32.3 Å². The smallest absolute Gasteiger partial charge is 0.475 e. The highest BCUT2D eigenvalue weighted by atomic mass is 32.1. The first-order valence-electron chi connectivity index (χ1n) is 9.20. The molecular formula is C17H22F3N3O5S. The monoisotopic (exact) mass is 437 g/mol. The molecule has 0 saturated carbocycles. The molecule has 0 spiro atoms. The van der Waals surface area contributed by atoms with Crippen molar-refractivity contribution < 1.29 is 37.3 Å². The molecule has 0 aliphatic carbocycles. The molecule has 29 heavy (non-hydrogen) atoms. The highest BCUT2D eigenvalue weighted by Crippen LogP contribution is 2.34. The largest absolute Gasteiger partial charge is 0.490 e. The van der Waals surface area contributed by atoms with E-state index in [4.69, 9.17) is 19.4 Å². The van der Waals surface area contributed by atoms with Gasteiger partial charge in [0.1, 0.15) is 11.1 Å². The van der Waals surface area contributed by atoms with Crippen LogP contribution >= 0.6 is 11.3 Å². The minimum absolute atomic E-state index is 0.145. The summed E-state index contributed by atoms with van der Waals surface area (Å²) in [7, 11) is 0. The molecule has 1 amide bonds. The van der Waals surface area contributed by atoms with Crippen LogP contribution in [0.2, 0.25) is 0 Å². The Bertz CT molecular complexity index is 697. The van der Waals surface area contributed by atoms with Gasteiger partial charge in [0.15, 0.2) is 0 Å². The highest BCUT2D eigenvalue weighted by Gasteiger charge is 2.46. The fourth-order valence-electron chi connectivity index (χ4n) is 3.68. The van der Waals surface area contributed by atoms with Gasteiger partial charge in [0.25, 0.3) is 5.91 Å². The van der Waals surface area contributed by atoms with Crippen molar-refractivity contribution in [3.8, 4) is 0 Å². The highest BCUT2D eigenvalue weighted by molar-refractivity contribution is 7.09. The number of thiazole rings is 1. The van der Waals surface area contributed by atoms with Gasteiger partial charge in [-0.15, -0.1) is 11.3 Å². The lowest BCUT2D eigenvalue weighted by Gasteiger charge is -2.29. The number of rotatable bonds is 3. The second-order valence-electron chi connectivity index (χ2n) is 6.89. The van der Waals surface area contributed by atoms with Gasteiger partial charge in [0.05, 0.1) is 25.9 Å². The predicted molar refractivity (Wildman–Crippen MR) is 95.3 cm³/mol. The zero-order valence-corrected chi connectivity index (χ0v) is 16.3. The maximum absolute atomic E-state index is 12.6. The molecule has 3 fully saturated rings. The van der Waals surface area contributed by atoms with Gasteiger partial charge in [-0.1, -0.05) is 0 Å². The zero-order valence-electron chi connectivity index (χ0n) is 15.5. The first kappa shape index (κ1) is 21.9. The summed E-state index contributed by atoms with van der Waals surface area (Å²) in [6.07, 6.45) is -1.47. The van der Waals surface area contributed by atoms with Gasteiger partial charge in [0.2, 0.25) is 0 Å². The van der Waals surface area contributed by atoms with Crippen LogP contribution in [0.1, 0.15) is 17.8 Å². The second kappa shape index (κ2) is 9.37. The first-order chi connectivity index (χ1) is 13.8. The molecule has 1 aromatic rings. The Labute approximate surface area is 169 Å². The first-order valence-corrected chi connectivity index (χ1v) is 10.1. The summed E-state index contributed by atoms with van der Waals surface area (Å²) in [4.78, 5) is 30.2. The van der Waals surface area contributed by atoms with Crippen molar-refractivity contribution in [1.82, 2.24) is 14.8 Å². The number of ether oxygens (including phenoxy) is 2. The quantitative estimate of drug-likeness (QED) is 0.764. The molecule has 3 saturated heterocycles. The number of alkyl halides is 3. The number of carboxylic acid groups (broad SMARTS) is 1. The van der Waals surface area contributed by atoms with Gasteiger partial charge in [-0.2, -0.15) is 13.2 Å². The maximum Gasteiger partial charge on any atom is 0.490 e. The molecule has 0 radical (unpaired) electrons. The standard InChI is InChI=1S/C15H21N3O3S.C2HF3O2/c19-15(17-4-6-20-7-5-17)13-9-11-12(21-13)1-3-18(11)10-14-16-2-8-22-14;3-2(4,5)1(6)7/h2,8,11-13H,1,3-7,9-10H2;(H,6,7)/t11-,12-,13-;/m0./s1. The summed E-state index contributed by atoms with van der Waals surface area (Å²) in [6, 6.07) is 0.360. The number of aliphatic carboxylic acids is 1. The van der Waals surface area contributed by atoms with Gasteiger partial charge in [-0.05, 0) is 6.42 Å². The number of aromatic nitrogens is 1. The van der Waals surface area contributed by atoms with E-state index in [9.17, 15) is 18.0 Å². The van der Waals surface area contributed by atoms with E-state index in [-0.39, 0.29) is 18.1 Å². The van der Waals surface area contributed by atoms with Crippen LogP contribution in [-0.2, 0) is 25.6 Å². The fraction of sp³-hybridized carbons (Fsp3) is 0.706. The number of morpholine rings is 1. The Balaban J connectivity index is 0.000000298. The Hall–Kier alpha value is -1.76. The van der Waals surface area contributed by atoms with Gasteiger partial charge < -0.3 is 19.5 Å². The van der Waals surface area contributed by atoms with Crippen molar-refractivity contribution in [2.45, 2.75) is 43.8 Å². The number of amides is 1. The van der Waals surface area contributed by atoms with Crippen molar-refractivity contribution in [2.75, 3.05) is 32.8 Å². The Kier molecular flexibility index (Phi) is 7.09. The van der Waals surface area contributed by atoms with Gasteiger partial charge in [0, 0.05) is 43.7 Å². The van der Waals surface area contributed by atoms with Crippen LogP contribution in [0.25, 0.3) is 0 Å². The minimum atomic E-state index is -5.08. The number of carbonyl (C=O) groups excluding carboxylic acids is 1. The molecule has 0 aromatic carbocycles. The second-order valence-corrected chi connectivity index (χ2v) is 7.87. The van der Waals surface area contributed by atoms with Crippen molar-refractivity contribution in [3.63, 3.8) is 0 Å². The van der Waals surface area contributed by atoms with E-state index >= 15 is 0 Å². The number of likely N-dealkylation sites (tertiary alicyclic amines) is 1. The number of nitrogens with zero attached hydrogens (tertiary/aromatic N) is 3. The minimum Gasteiger partial charge on any atom is -0.475 e. The molecule has 0 unspecified atom stereocenters. The Morgan fingerprint density at radius 2 is 1.97 bits per heavy atom. The molecule has 3 atom stereocenters. The number of halogens is 3. The molecule has 4 rings (SSSR count). The molecule has 8 nitrogen and oxygen atoms in total. The number of hydrogen-bond donors (Lipinski definition) is 1. The lowest BCUT2D eigenvalue weighted by Crippen LogP contribution is -2.46. The van der Waals surface area contributed by atoms with E-state index in [0.717, 1.165) is 30.9 Å². The zero-order chi connectivity index (χ0) is 21.0. The lowest BCUT2D eigenvalue weighted by molar-refractivity contribution is -0.192. The van der Waals surface area contributed by atoms with Crippen LogP contribution in [0.5, 0.6) is 0 Å². The molecule has 4 heterocycles. The van der Waals surface area contributed by atoms with Crippen LogP contribution in [0.3, 0.4) is 0 Å². The van der Waals surface area contributed by atoms with Gasteiger partial charge >= 0.3 is 12.1 Å². The lowest BCUT2D eigenvalue weighted by atomic mass is 10.1. The predicted octanol–water partition coefficient (Wildman–Crippen LogP) is 1.37. The summed E-state index contributed by atoms with van der Waals surface area (Å²) in [6.45, 7) is 4.57. The molecule has 1 N–H and O–H groups in total. The summed E-state index contributed by atoms with van der Waals surface area (Å²) in [5, 5.41) is 10.3. The molecule has 1 aromatic heterocycles. The average Bonchev–Trinajstić information content (AvgIpc) is 3.41. The molecule has 12 heteroatoms. The van der Waals surface area contributed by atoms with Crippen LogP contribution in [-0.4, -0.2) is 89.0 Å². The topological polar surface area (TPSA) is 92.2 Å². The summed E-state index contributed by atoms with van der Waals surface area (Å²) < 4.78 is 43.1. The molecule has 0 bridgehead atoms. The van der Waals surface area contributed by atoms with E-state index < -0.39 is 12.1 Å². The molecule has 162 valence electrons. The third-order valence-electron chi connectivity index (χ3n) is 5.06. The van der Waals surface area contributed by atoms with Crippen molar-refractivity contribution >= 4 is 23.2 Å². The van der Waals surface area contributed by atoms with E-state index in [2.05, 4.69) is 9.88 Å². The van der Waals surface area contributed by atoms with Crippen molar-refractivity contribution in [3.05, 3.63) is 16.6 Å². The number of hydrogen-bond acceptors (Lipinski definition) is 7. The van der Waals surface area contributed by atoms with Crippen molar-refractivity contribution in [2.24, 2.45) is 0 Å². The van der Waals surface area contributed by atoms with Crippen LogP contribution in [0.4, 0.5) is 13.2 Å². The number of fused-ring (bicyclic) bond motifs is 1.